The third-order valence-electron chi connectivity index (χ3n) is 5.42. The molecule has 0 aliphatic heterocycles. The smallest absolute Gasteiger partial charge is 0.311 e. The normalized spacial score (nSPS) is 21.8. The second-order valence-corrected chi connectivity index (χ2v) is 6.88. The lowest BCUT2D eigenvalue weighted by Gasteiger charge is -2.61. The Bertz CT molecular complexity index is 700. The molecule has 1 heterocycles. The van der Waals surface area contributed by atoms with Gasteiger partial charge >= 0.3 is 6.18 Å². The Kier molecular flexibility index (Phi) is 3.17. The van der Waals surface area contributed by atoms with Crippen LogP contribution in [-0.4, -0.2) is 10.7 Å². The third kappa shape index (κ3) is 2.06. The van der Waals surface area contributed by atoms with Crippen molar-refractivity contribution in [1.29, 1.82) is 5.26 Å². The molecule has 2 fully saturated rings. The molecule has 0 bridgehead atoms. The molecule has 0 radical (unpaired) electrons. The van der Waals surface area contributed by atoms with Crippen LogP contribution in [0.25, 0.3) is 0 Å². The van der Waals surface area contributed by atoms with Crippen molar-refractivity contribution < 1.29 is 13.2 Å². The Balaban J connectivity index is 1.97. The van der Waals surface area contributed by atoms with Crippen LogP contribution in [0.3, 0.4) is 0 Å². The Morgan fingerprint density at radius 2 is 1.95 bits per heavy atom. The maximum atomic E-state index is 13.6. The summed E-state index contributed by atoms with van der Waals surface area (Å²) in [5.74, 6) is 0. The first kappa shape index (κ1) is 15.1. The largest absolute Gasteiger partial charge is 0.396 e. The van der Waals surface area contributed by atoms with Gasteiger partial charge in [-0.25, -0.2) is 0 Å². The van der Waals surface area contributed by atoms with E-state index in [0.29, 0.717) is 5.69 Å². The van der Waals surface area contributed by atoms with Crippen molar-refractivity contribution in [2.45, 2.75) is 51.7 Å². The minimum Gasteiger partial charge on any atom is -0.311 e. The molecule has 2 saturated carbocycles. The Morgan fingerprint density at radius 1 is 1.32 bits per heavy atom. The van der Waals surface area contributed by atoms with Crippen molar-refractivity contribution >= 4 is 0 Å². The van der Waals surface area contributed by atoms with E-state index in [2.05, 4.69) is 0 Å². The first-order valence-electron chi connectivity index (χ1n) is 7.39. The summed E-state index contributed by atoms with van der Waals surface area (Å²) >= 11 is 0. The number of nitrogens with zero attached hydrogens (tertiary/aromatic N) is 2. The van der Waals surface area contributed by atoms with Gasteiger partial charge in [-0.2, -0.15) is 18.4 Å². The van der Waals surface area contributed by atoms with Crippen molar-refractivity contribution in [3.8, 4) is 6.07 Å². The van der Waals surface area contributed by atoms with Gasteiger partial charge in [-0.15, -0.1) is 0 Å². The first-order valence-corrected chi connectivity index (χ1v) is 7.39. The van der Waals surface area contributed by atoms with Gasteiger partial charge in [0.05, 0.1) is 5.41 Å². The van der Waals surface area contributed by atoms with Crippen molar-refractivity contribution in [3.63, 3.8) is 0 Å². The fraction of sp³-hybridized carbons (Fsp3) is 0.625. The highest BCUT2D eigenvalue weighted by atomic mass is 19.4. The second-order valence-electron chi connectivity index (χ2n) is 6.88. The van der Waals surface area contributed by atoms with Gasteiger partial charge in [0, 0.05) is 12.2 Å². The number of aromatic nitrogens is 1. The molecule has 1 spiro atoms. The summed E-state index contributed by atoms with van der Waals surface area (Å²) in [5, 5.41) is 8.91. The van der Waals surface area contributed by atoms with E-state index in [1.807, 2.05) is 0 Å². The molecule has 0 N–H and O–H groups in total. The lowest BCUT2D eigenvalue weighted by atomic mass is 9.45. The highest BCUT2D eigenvalue weighted by Gasteiger charge is 2.68. The van der Waals surface area contributed by atoms with Crippen LogP contribution in [0.1, 0.15) is 43.4 Å². The van der Waals surface area contributed by atoms with E-state index in [0.717, 1.165) is 23.8 Å². The quantitative estimate of drug-likeness (QED) is 0.838. The number of halogens is 3. The van der Waals surface area contributed by atoms with Gasteiger partial charge in [-0.05, 0) is 50.2 Å². The molecule has 2 aliphatic carbocycles. The van der Waals surface area contributed by atoms with Crippen LogP contribution < -0.4 is 5.56 Å². The minimum atomic E-state index is -4.33. The van der Waals surface area contributed by atoms with Gasteiger partial charge in [0.15, 0.2) is 0 Å². The van der Waals surface area contributed by atoms with Gasteiger partial charge < -0.3 is 4.57 Å². The topological polar surface area (TPSA) is 45.8 Å². The Morgan fingerprint density at radius 3 is 2.41 bits per heavy atom. The average molecular weight is 310 g/mol. The van der Waals surface area contributed by atoms with E-state index < -0.39 is 17.2 Å². The molecule has 0 aromatic carbocycles. The van der Waals surface area contributed by atoms with E-state index in [1.54, 1.807) is 13.0 Å². The summed E-state index contributed by atoms with van der Waals surface area (Å²) < 4.78 is 42.0. The molecule has 22 heavy (non-hydrogen) atoms. The number of pyridine rings is 1. The van der Waals surface area contributed by atoms with Gasteiger partial charge in [0.25, 0.3) is 5.56 Å². The van der Waals surface area contributed by atoms with E-state index >= 15 is 0 Å². The van der Waals surface area contributed by atoms with Gasteiger partial charge in [0.2, 0.25) is 0 Å². The van der Waals surface area contributed by atoms with Crippen LogP contribution in [-0.2, 0) is 6.54 Å². The van der Waals surface area contributed by atoms with Crippen molar-refractivity contribution in [1.82, 2.24) is 4.57 Å². The highest BCUT2D eigenvalue weighted by Crippen LogP contribution is 2.69. The van der Waals surface area contributed by atoms with Gasteiger partial charge in [0.1, 0.15) is 11.6 Å². The van der Waals surface area contributed by atoms with Crippen molar-refractivity contribution in [2.75, 3.05) is 0 Å². The molecule has 0 amide bonds. The Labute approximate surface area is 126 Å². The number of alkyl halides is 3. The summed E-state index contributed by atoms with van der Waals surface area (Å²) in [4.78, 5) is 12.2. The second kappa shape index (κ2) is 4.61. The number of aryl methyl sites for hydroxylation is 1. The summed E-state index contributed by atoms with van der Waals surface area (Å²) in [6, 6.07) is 4.64. The molecule has 3 nitrogen and oxygen atoms in total. The first-order chi connectivity index (χ1) is 10.2. The predicted molar refractivity (Wildman–Crippen MR) is 74.2 cm³/mol. The highest BCUT2D eigenvalue weighted by molar-refractivity contribution is 5.27. The third-order valence-corrected chi connectivity index (χ3v) is 5.42. The van der Waals surface area contributed by atoms with Crippen LogP contribution in [0.15, 0.2) is 16.9 Å². The number of hydrogen-bond acceptors (Lipinski definition) is 2. The standard InChI is InChI=1S/C16H17F3N2O/c1-11-3-4-12(7-20)13(22)21(11)10-15(16(17,18)19)8-14(9-15)5-2-6-14/h3-4H,2,5-6,8-10H2,1H3. The average Bonchev–Trinajstić information content (AvgIpc) is 2.33. The predicted octanol–water partition coefficient (Wildman–Crippen LogP) is 3.54. The van der Waals surface area contributed by atoms with Gasteiger partial charge in [-0.3, -0.25) is 4.79 Å². The zero-order valence-electron chi connectivity index (χ0n) is 12.3. The Hall–Kier alpha value is -1.77. The number of nitriles is 1. The van der Waals surface area contributed by atoms with Crippen LogP contribution in [0.4, 0.5) is 13.2 Å². The SMILES string of the molecule is Cc1ccc(C#N)c(=O)n1CC1(C(F)(F)F)CC2(CCC2)C1. The molecule has 0 saturated heterocycles. The molecule has 0 atom stereocenters. The summed E-state index contributed by atoms with van der Waals surface area (Å²) in [6.07, 6.45) is -1.41. The van der Waals surface area contributed by atoms with Crippen LogP contribution in [0, 0.1) is 29.1 Å². The molecule has 6 heteroatoms. The molecule has 118 valence electrons. The number of rotatable bonds is 2. The molecular weight excluding hydrogens is 293 g/mol. The summed E-state index contributed by atoms with van der Waals surface area (Å²) in [7, 11) is 0. The van der Waals surface area contributed by atoms with Crippen molar-refractivity contribution in [3.05, 3.63) is 33.7 Å². The zero-order chi connectivity index (χ0) is 16.2. The van der Waals surface area contributed by atoms with E-state index in [4.69, 9.17) is 5.26 Å². The van der Waals surface area contributed by atoms with E-state index in [-0.39, 0.29) is 30.4 Å². The van der Waals surface area contributed by atoms with Crippen LogP contribution in [0.2, 0.25) is 0 Å². The van der Waals surface area contributed by atoms with Crippen LogP contribution in [0.5, 0.6) is 0 Å². The number of hydrogen-bond donors (Lipinski definition) is 0. The van der Waals surface area contributed by atoms with E-state index in [1.165, 1.54) is 12.1 Å². The van der Waals surface area contributed by atoms with Gasteiger partial charge in [-0.1, -0.05) is 6.42 Å². The molecule has 1 aromatic heterocycles. The van der Waals surface area contributed by atoms with Crippen LogP contribution >= 0.6 is 0 Å². The van der Waals surface area contributed by atoms with Crippen molar-refractivity contribution in [2.24, 2.45) is 10.8 Å². The summed E-state index contributed by atoms with van der Waals surface area (Å²) in [6.45, 7) is 1.23. The molecule has 0 unspecified atom stereocenters. The maximum absolute atomic E-state index is 13.6. The minimum absolute atomic E-state index is 0.103. The fourth-order valence-electron chi connectivity index (χ4n) is 4.07. The monoisotopic (exact) mass is 310 g/mol. The molecule has 1 aromatic rings. The zero-order valence-corrected chi connectivity index (χ0v) is 12.3. The lowest BCUT2D eigenvalue weighted by Crippen LogP contribution is -2.60. The molecule has 2 aliphatic rings. The fourth-order valence-corrected chi connectivity index (χ4v) is 4.07. The molecular formula is C16H17F3N2O. The molecule has 3 rings (SSSR count). The van der Waals surface area contributed by atoms with E-state index in [9.17, 15) is 18.0 Å². The lowest BCUT2D eigenvalue weighted by molar-refractivity contribution is -0.299. The summed E-state index contributed by atoms with van der Waals surface area (Å²) in [5.41, 5.74) is -2.25. The maximum Gasteiger partial charge on any atom is 0.396 e.